The largest absolute Gasteiger partial charge is 0.507 e. The van der Waals surface area contributed by atoms with Crippen molar-refractivity contribution in [3.63, 3.8) is 0 Å². The quantitative estimate of drug-likeness (QED) is 0.654. The highest BCUT2D eigenvalue weighted by atomic mass is 16.3. The average molecular weight is 252 g/mol. The first-order valence-corrected chi connectivity index (χ1v) is 5.85. The number of fused-ring (bicyclic) bond motifs is 3. The molecule has 0 unspecified atom stereocenters. The third kappa shape index (κ3) is 1.12. The fourth-order valence-electron chi connectivity index (χ4n) is 2.81. The molecule has 5 nitrogen and oxygen atoms in total. The molecule has 3 aromatic rings. The van der Waals surface area contributed by atoms with Crippen molar-refractivity contribution in [2.45, 2.75) is 6.42 Å². The molecule has 2 heterocycles. The van der Waals surface area contributed by atoms with Crippen molar-refractivity contribution in [2.75, 3.05) is 0 Å². The van der Waals surface area contributed by atoms with Gasteiger partial charge in [0.1, 0.15) is 5.75 Å². The van der Waals surface area contributed by atoms with Crippen LogP contribution in [0.5, 0.6) is 5.75 Å². The van der Waals surface area contributed by atoms with E-state index >= 15 is 0 Å². The van der Waals surface area contributed by atoms with Crippen molar-refractivity contribution < 1.29 is 9.90 Å². The van der Waals surface area contributed by atoms with Gasteiger partial charge in [0.05, 0.1) is 28.3 Å². The second-order valence-corrected chi connectivity index (χ2v) is 4.59. The number of hydrogen-bond acceptors (Lipinski definition) is 4. The van der Waals surface area contributed by atoms with Crippen LogP contribution in [0.1, 0.15) is 16.1 Å². The lowest BCUT2D eigenvalue weighted by molar-refractivity contribution is 0.103. The van der Waals surface area contributed by atoms with E-state index in [-0.39, 0.29) is 17.0 Å². The van der Waals surface area contributed by atoms with Gasteiger partial charge in [0.25, 0.3) is 0 Å². The van der Waals surface area contributed by atoms with Gasteiger partial charge in [-0.25, -0.2) is 4.98 Å². The summed E-state index contributed by atoms with van der Waals surface area (Å²) in [5.74, 6) is -0.249. The predicted octanol–water partition coefficient (Wildman–Crippen LogP) is 1.29. The standard InChI is InChI=1S/C14H8N2O3/c17-9-3-1-2-7-12-11(19)4-10(18)8-5-15-6-16(13(7)9)14(8)12/h1,3-6,18H,2H2. The Morgan fingerprint density at radius 2 is 2.16 bits per heavy atom. The highest BCUT2D eigenvalue weighted by Crippen LogP contribution is 2.33. The molecule has 2 aromatic heterocycles. The summed E-state index contributed by atoms with van der Waals surface area (Å²) >= 11 is 0. The molecular weight excluding hydrogens is 244 g/mol. The molecule has 0 saturated heterocycles. The highest BCUT2D eigenvalue weighted by Gasteiger charge is 2.25. The average Bonchev–Trinajstić information content (AvgIpc) is 2.73. The van der Waals surface area contributed by atoms with Gasteiger partial charge in [-0.05, 0) is 18.1 Å². The molecule has 0 saturated carbocycles. The van der Waals surface area contributed by atoms with E-state index in [1.165, 1.54) is 24.7 Å². The summed E-state index contributed by atoms with van der Waals surface area (Å²) < 4.78 is 1.60. The third-order valence-electron chi connectivity index (χ3n) is 3.56. The van der Waals surface area contributed by atoms with Gasteiger partial charge < -0.3 is 5.11 Å². The second kappa shape index (κ2) is 3.20. The number of aromatic hydroxyl groups is 1. The van der Waals surface area contributed by atoms with Crippen LogP contribution in [0.2, 0.25) is 0 Å². The van der Waals surface area contributed by atoms with Crippen LogP contribution in [0.3, 0.4) is 0 Å². The Hall–Kier alpha value is -2.69. The van der Waals surface area contributed by atoms with E-state index in [4.69, 9.17) is 0 Å². The number of phenolic OH excluding ortho intramolecular Hbond substituents is 1. The number of aromatic nitrogens is 2. The molecule has 1 N–H and O–H groups in total. The minimum Gasteiger partial charge on any atom is -0.507 e. The molecule has 5 heteroatoms. The maximum Gasteiger partial charge on any atom is 0.202 e. The van der Waals surface area contributed by atoms with E-state index in [1.54, 1.807) is 10.5 Å². The van der Waals surface area contributed by atoms with Gasteiger partial charge in [-0.15, -0.1) is 0 Å². The van der Waals surface area contributed by atoms with Crippen molar-refractivity contribution in [1.29, 1.82) is 0 Å². The van der Waals surface area contributed by atoms with E-state index < -0.39 is 0 Å². The number of ketones is 1. The number of benzene rings is 1. The molecule has 1 aromatic carbocycles. The molecule has 19 heavy (non-hydrogen) atoms. The van der Waals surface area contributed by atoms with Crippen LogP contribution in [0.4, 0.5) is 0 Å². The van der Waals surface area contributed by atoms with Crippen molar-refractivity contribution >= 4 is 22.1 Å². The van der Waals surface area contributed by atoms with Gasteiger partial charge in [0.15, 0.2) is 5.43 Å². The zero-order valence-electron chi connectivity index (χ0n) is 9.75. The number of carbonyl (C=O) groups excluding carboxylic acids is 1. The van der Waals surface area contributed by atoms with Crippen LogP contribution < -0.4 is 5.43 Å². The van der Waals surface area contributed by atoms with E-state index in [0.717, 1.165) is 5.56 Å². The normalized spacial score (nSPS) is 14.4. The summed E-state index contributed by atoms with van der Waals surface area (Å²) in [6.45, 7) is 0. The molecule has 0 amide bonds. The fourth-order valence-corrected chi connectivity index (χ4v) is 2.81. The smallest absolute Gasteiger partial charge is 0.202 e. The predicted molar refractivity (Wildman–Crippen MR) is 69.0 cm³/mol. The Labute approximate surface area is 106 Å². The van der Waals surface area contributed by atoms with E-state index in [9.17, 15) is 14.7 Å². The first-order valence-electron chi connectivity index (χ1n) is 5.85. The highest BCUT2D eigenvalue weighted by molar-refractivity contribution is 6.13. The number of carbonyl (C=O) groups is 1. The fraction of sp³-hybridized carbons (Fsp3) is 0.0714. The summed E-state index contributed by atoms with van der Waals surface area (Å²) in [5, 5.41) is 10.8. The Bertz CT molecular complexity index is 937. The minimum absolute atomic E-state index is 0.106. The van der Waals surface area contributed by atoms with Crippen LogP contribution in [-0.4, -0.2) is 20.3 Å². The number of phenols is 1. The van der Waals surface area contributed by atoms with Gasteiger partial charge in [-0.2, -0.15) is 0 Å². The Kier molecular flexibility index (Phi) is 1.73. The second-order valence-electron chi connectivity index (χ2n) is 4.59. The van der Waals surface area contributed by atoms with Gasteiger partial charge in [0.2, 0.25) is 5.78 Å². The summed E-state index contributed by atoms with van der Waals surface area (Å²) in [6, 6.07) is 1.18. The summed E-state index contributed by atoms with van der Waals surface area (Å²) in [4.78, 5) is 28.2. The van der Waals surface area contributed by atoms with E-state index in [1.807, 2.05) is 0 Å². The van der Waals surface area contributed by atoms with Gasteiger partial charge >= 0.3 is 0 Å². The summed E-state index contributed by atoms with van der Waals surface area (Å²) in [7, 11) is 0. The van der Waals surface area contributed by atoms with Gasteiger partial charge in [-0.1, -0.05) is 6.08 Å². The van der Waals surface area contributed by atoms with Crippen LogP contribution in [0.15, 0.2) is 35.5 Å². The van der Waals surface area contributed by atoms with Crippen molar-refractivity contribution in [1.82, 2.24) is 9.38 Å². The molecular formula is C14H8N2O3. The maximum absolute atomic E-state index is 12.1. The number of nitrogens with zero attached hydrogens (tertiary/aromatic N) is 2. The van der Waals surface area contributed by atoms with E-state index in [0.29, 0.717) is 28.4 Å². The van der Waals surface area contributed by atoms with Crippen molar-refractivity contribution in [2.24, 2.45) is 0 Å². The zero-order chi connectivity index (χ0) is 13.1. The Morgan fingerprint density at radius 1 is 1.32 bits per heavy atom. The minimum atomic E-state index is -0.266. The Balaban J connectivity index is 2.40. The molecule has 0 spiro atoms. The SMILES string of the molecule is O=C1C=CCc2c1n1cncc3c(O)cc(=O)c2c31. The lowest BCUT2D eigenvalue weighted by Crippen LogP contribution is -2.08. The zero-order valence-corrected chi connectivity index (χ0v) is 9.75. The van der Waals surface area contributed by atoms with Gasteiger partial charge in [-0.3, -0.25) is 14.0 Å². The number of allylic oxidation sites excluding steroid dienone is 2. The van der Waals surface area contributed by atoms with Crippen molar-refractivity contribution in [3.8, 4) is 5.75 Å². The number of hydrogen-bond donors (Lipinski definition) is 1. The topological polar surface area (TPSA) is 71.7 Å². The van der Waals surface area contributed by atoms with Crippen LogP contribution >= 0.6 is 0 Å². The molecule has 0 aliphatic heterocycles. The molecule has 0 fully saturated rings. The molecule has 0 radical (unpaired) electrons. The van der Waals surface area contributed by atoms with Crippen LogP contribution in [0, 0.1) is 0 Å². The third-order valence-corrected chi connectivity index (χ3v) is 3.56. The molecule has 1 aliphatic carbocycles. The van der Waals surface area contributed by atoms with Crippen molar-refractivity contribution in [3.05, 3.63) is 52.2 Å². The van der Waals surface area contributed by atoms with E-state index in [2.05, 4.69) is 4.98 Å². The first-order chi connectivity index (χ1) is 9.18. The monoisotopic (exact) mass is 252 g/mol. The molecule has 4 rings (SSSR count). The summed E-state index contributed by atoms with van der Waals surface area (Å²) in [5.41, 5.74) is 1.49. The lowest BCUT2D eigenvalue weighted by Gasteiger charge is -2.05. The lowest BCUT2D eigenvalue weighted by atomic mass is 9.99. The molecule has 1 aliphatic rings. The molecule has 92 valence electrons. The summed E-state index contributed by atoms with van der Waals surface area (Å²) in [6.07, 6.45) is 6.79. The Morgan fingerprint density at radius 3 is 3.00 bits per heavy atom. The molecule has 0 bridgehead atoms. The van der Waals surface area contributed by atoms with Crippen LogP contribution in [0.25, 0.3) is 16.3 Å². The molecule has 0 atom stereocenters. The first kappa shape index (κ1) is 10.3. The maximum atomic E-state index is 12.1. The van der Waals surface area contributed by atoms with Gasteiger partial charge in [0, 0.05) is 12.3 Å². The van der Waals surface area contributed by atoms with Crippen LogP contribution in [-0.2, 0) is 6.42 Å². The number of rotatable bonds is 0.